The van der Waals surface area contributed by atoms with Crippen LogP contribution in [0, 0.1) is 11.8 Å². The predicted molar refractivity (Wildman–Crippen MR) is 220 cm³/mol. The third-order valence-electron chi connectivity index (χ3n) is 10.9. The van der Waals surface area contributed by atoms with Gasteiger partial charge in [0.25, 0.3) is 0 Å². The molecule has 0 aliphatic carbocycles. The molecule has 1 aromatic heterocycles. The van der Waals surface area contributed by atoms with Crippen LogP contribution in [0.3, 0.4) is 0 Å². The monoisotopic (exact) mass is 795 g/mol. The largest absolute Gasteiger partial charge is 0.461 e. The zero-order valence-corrected chi connectivity index (χ0v) is 38.0. The molecule has 11 nitrogen and oxygen atoms in total. The second kappa shape index (κ2) is 21.1. The molecule has 1 fully saturated rings. The van der Waals surface area contributed by atoms with Crippen molar-refractivity contribution < 1.29 is 33.1 Å². The zero-order chi connectivity index (χ0) is 41.0. The lowest BCUT2D eigenvalue weighted by Crippen LogP contribution is -2.60. The molecule has 54 heavy (non-hydrogen) atoms. The number of hydrogen-bond donors (Lipinski definition) is 1. The number of piperidine rings is 1. The van der Waals surface area contributed by atoms with E-state index in [1.54, 1.807) is 12.3 Å². The molecule has 1 aliphatic rings. The first-order chi connectivity index (χ1) is 25.1. The quantitative estimate of drug-likeness (QED) is 0.0834. The van der Waals surface area contributed by atoms with Crippen LogP contribution in [0.1, 0.15) is 162 Å². The number of nitrogens with one attached hydrogen (secondary N) is 1. The summed E-state index contributed by atoms with van der Waals surface area (Å²) in [4.78, 5) is 63.5. The molecular weight excluding hydrogens is 721 g/mol. The number of unbranched alkanes of at least 4 members (excludes halogenated alkanes) is 3. The van der Waals surface area contributed by atoms with Gasteiger partial charge in [-0.15, -0.1) is 11.3 Å². The van der Waals surface area contributed by atoms with Crippen molar-refractivity contribution >= 4 is 43.5 Å². The molecule has 1 aromatic rings. The fraction of sp³-hybridized carbons (Fsp3) is 0.829. The number of amides is 3. The summed E-state index contributed by atoms with van der Waals surface area (Å²) in [6, 6.07) is -1.75. The molecule has 1 N–H and O–H groups in total. The number of nitrogens with zero attached hydrogens (tertiary/aromatic N) is 3. The van der Waals surface area contributed by atoms with E-state index in [9.17, 15) is 14.4 Å². The van der Waals surface area contributed by atoms with Crippen molar-refractivity contribution in [3.63, 3.8) is 0 Å². The molecule has 1 aliphatic heterocycles. The fourth-order valence-corrected chi connectivity index (χ4v) is 8.63. The van der Waals surface area contributed by atoms with E-state index in [1.807, 2.05) is 39.5 Å². The van der Waals surface area contributed by atoms with Crippen molar-refractivity contribution in [1.29, 1.82) is 0 Å². The highest BCUT2D eigenvalue weighted by Gasteiger charge is 2.43. The Hall–Kier alpha value is -2.51. The van der Waals surface area contributed by atoms with Crippen molar-refractivity contribution in [3.8, 4) is 0 Å². The Balaban J connectivity index is 2.59. The van der Waals surface area contributed by atoms with Gasteiger partial charge in [-0.2, -0.15) is 0 Å². The van der Waals surface area contributed by atoms with Gasteiger partial charge in [-0.1, -0.05) is 81.1 Å². The van der Waals surface area contributed by atoms with Gasteiger partial charge in [0.1, 0.15) is 22.7 Å². The number of rotatable bonds is 19. The summed E-state index contributed by atoms with van der Waals surface area (Å²) in [5.41, 5.74) is -0.433. The van der Waals surface area contributed by atoms with Crippen molar-refractivity contribution in [1.82, 2.24) is 20.1 Å². The molecule has 0 spiro atoms. The SMILES string of the molecule is CCCCCCN(C(=O)[C@@H](NC(=O)[C@H]1CCCCN1C(=O)OC(C)(C)C)[C@@H](C)CC)[C@H](C[C@@H](O[Si](C)(C)C(C)(C)C)c1nc(C(=O)OCC)cs1)C(C)C. The first kappa shape index (κ1) is 47.6. The lowest BCUT2D eigenvalue weighted by molar-refractivity contribution is -0.142. The normalized spacial score (nSPS) is 17.8. The van der Waals surface area contributed by atoms with Crippen LogP contribution < -0.4 is 5.32 Å². The van der Waals surface area contributed by atoms with Gasteiger partial charge < -0.3 is 24.1 Å². The highest BCUT2D eigenvalue weighted by atomic mass is 32.1. The Morgan fingerprint density at radius 2 is 1.69 bits per heavy atom. The maximum absolute atomic E-state index is 15.1. The van der Waals surface area contributed by atoms with Gasteiger partial charge in [0.15, 0.2) is 14.0 Å². The summed E-state index contributed by atoms with van der Waals surface area (Å²) in [6.07, 6.45) is 6.25. The molecule has 0 bridgehead atoms. The van der Waals surface area contributed by atoms with Gasteiger partial charge in [0.05, 0.1) is 12.7 Å². The van der Waals surface area contributed by atoms with Crippen molar-refractivity contribution in [3.05, 3.63) is 16.1 Å². The molecule has 13 heteroatoms. The predicted octanol–water partition coefficient (Wildman–Crippen LogP) is 9.53. The molecule has 2 heterocycles. The van der Waals surface area contributed by atoms with Crippen LogP contribution in [0.25, 0.3) is 0 Å². The van der Waals surface area contributed by atoms with E-state index in [0.717, 1.165) is 38.5 Å². The summed E-state index contributed by atoms with van der Waals surface area (Å²) in [5, 5.41) is 5.50. The smallest absolute Gasteiger partial charge is 0.410 e. The van der Waals surface area contributed by atoms with Crippen LogP contribution in [0.5, 0.6) is 0 Å². The molecule has 0 unspecified atom stereocenters. The van der Waals surface area contributed by atoms with Gasteiger partial charge in [0.2, 0.25) is 11.8 Å². The average Bonchev–Trinajstić information content (AvgIpc) is 3.58. The molecule has 5 atom stereocenters. The van der Waals surface area contributed by atoms with E-state index in [2.05, 4.69) is 60.0 Å². The van der Waals surface area contributed by atoms with Crippen molar-refractivity contribution in [2.24, 2.45) is 11.8 Å². The molecular formula is C41H74N4O7SSi. The molecule has 2 rings (SSSR count). The summed E-state index contributed by atoms with van der Waals surface area (Å²) in [5.74, 6) is -1.01. The Morgan fingerprint density at radius 3 is 2.24 bits per heavy atom. The lowest BCUT2D eigenvalue weighted by atomic mass is 9.91. The van der Waals surface area contributed by atoms with Crippen LogP contribution >= 0.6 is 11.3 Å². The second-order valence-electron chi connectivity index (χ2n) is 17.9. The van der Waals surface area contributed by atoms with Gasteiger partial charge in [-0.3, -0.25) is 14.5 Å². The van der Waals surface area contributed by atoms with Crippen molar-refractivity contribution in [2.75, 3.05) is 19.7 Å². The number of carbonyl (C=O) groups is 4. The number of carbonyl (C=O) groups excluding carboxylic acids is 4. The highest BCUT2D eigenvalue weighted by Crippen LogP contribution is 2.42. The Labute approximate surface area is 332 Å². The fourth-order valence-electron chi connectivity index (χ4n) is 6.45. The Bertz CT molecular complexity index is 1360. The first-order valence-electron chi connectivity index (χ1n) is 20.5. The van der Waals surface area contributed by atoms with Gasteiger partial charge in [-0.25, -0.2) is 14.6 Å². The average molecular weight is 795 g/mol. The zero-order valence-electron chi connectivity index (χ0n) is 36.1. The summed E-state index contributed by atoms with van der Waals surface area (Å²) < 4.78 is 18.1. The number of aromatic nitrogens is 1. The number of hydrogen-bond acceptors (Lipinski definition) is 9. The van der Waals surface area contributed by atoms with Crippen LogP contribution in [-0.4, -0.2) is 90.4 Å². The van der Waals surface area contributed by atoms with E-state index in [4.69, 9.17) is 18.9 Å². The van der Waals surface area contributed by atoms with E-state index in [-0.39, 0.29) is 47.0 Å². The van der Waals surface area contributed by atoms with E-state index >= 15 is 4.79 Å². The van der Waals surface area contributed by atoms with Gasteiger partial charge in [0, 0.05) is 24.5 Å². The number of ether oxygens (including phenoxy) is 2. The lowest BCUT2D eigenvalue weighted by Gasteiger charge is -2.43. The van der Waals surface area contributed by atoms with Gasteiger partial charge >= 0.3 is 12.1 Å². The maximum atomic E-state index is 15.1. The van der Waals surface area contributed by atoms with E-state index in [1.165, 1.54) is 16.2 Å². The highest BCUT2D eigenvalue weighted by molar-refractivity contribution is 7.09. The molecule has 310 valence electrons. The summed E-state index contributed by atoms with van der Waals surface area (Å²) in [7, 11) is -2.35. The Morgan fingerprint density at radius 1 is 1.02 bits per heavy atom. The molecule has 1 saturated heterocycles. The second-order valence-corrected chi connectivity index (χ2v) is 23.5. The Kier molecular flexibility index (Phi) is 18.6. The third-order valence-corrected chi connectivity index (χ3v) is 16.3. The number of esters is 1. The minimum atomic E-state index is -2.35. The van der Waals surface area contributed by atoms with Crippen LogP contribution in [0.4, 0.5) is 4.79 Å². The van der Waals surface area contributed by atoms with Crippen LogP contribution in [0.15, 0.2) is 5.38 Å². The number of likely N-dealkylation sites (tertiary alicyclic amines) is 1. The molecule has 0 saturated carbocycles. The molecule has 0 aromatic carbocycles. The van der Waals surface area contributed by atoms with Crippen LogP contribution in [0.2, 0.25) is 18.1 Å². The standard InChI is InChI=1S/C41H74N4O7SSi/c1-15-18-19-21-24-44(37(47)34(29(6)16-2)43-35(46)31-23-20-22-25-45(31)39(49)51-40(7,8)9)32(28(4)5)26-33(52-54(13,14)41(10,11)12)36-42-30(27-53-36)38(48)50-17-3/h27-29,31-34H,15-26H2,1-14H3,(H,43,46)/t29-,31+,32+,33+,34-/m0/s1. The van der Waals surface area contributed by atoms with Crippen molar-refractivity contribution in [2.45, 2.75) is 189 Å². The van der Waals surface area contributed by atoms with Crippen LogP contribution in [-0.2, 0) is 23.5 Å². The molecule has 3 amide bonds. The topological polar surface area (TPSA) is 127 Å². The first-order valence-corrected chi connectivity index (χ1v) is 24.3. The minimum absolute atomic E-state index is 0.0458. The molecule has 0 radical (unpaired) electrons. The minimum Gasteiger partial charge on any atom is -0.461 e. The van der Waals surface area contributed by atoms with E-state index < -0.39 is 44.2 Å². The number of thiazole rings is 1. The third kappa shape index (κ3) is 13.9. The maximum Gasteiger partial charge on any atom is 0.410 e. The van der Waals surface area contributed by atoms with Gasteiger partial charge in [-0.05, 0) is 89.8 Å². The van der Waals surface area contributed by atoms with E-state index in [0.29, 0.717) is 37.4 Å². The summed E-state index contributed by atoms with van der Waals surface area (Å²) in [6.45, 7) is 29.9. The summed E-state index contributed by atoms with van der Waals surface area (Å²) >= 11 is 1.39.